The monoisotopic (exact) mass is 323 g/mol. The molecule has 0 aliphatic rings. The van der Waals surface area contributed by atoms with Crippen molar-refractivity contribution < 1.29 is 0 Å². The van der Waals surface area contributed by atoms with Gasteiger partial charge in [-0.05, 0) is 49.9 Å². The molecule has 0 radical (unpaired) electrons. The number of halogens is 1. The van der Waals surface area contributed by atoms with Crippen LogP contribution in [0.4, 0.5) is 0 Å². The zero-order chi connectivity index (χ0) is 13.9. The normalized spacial score (nSPS) is 12.3. The summed E-state index contributed by atoms with van der Waals surface area (Å²) in [5, 5.41) is 3.66. The van der Waals surface area contributed by atoms with Crippen LogP contribution in [0.3, 0.4) is 0 Å². The molecule has 0 amide bonds. The maximum atomic E-state index is 3.77. The van der Waals surface area contributed by atoms with Gasteiger partial charge in [-0.2, -0.15) is 0 Å². The molecule has 1 nitrogen and oxygen atoms in total. The van der Waals surface area contributed by atoms with Crippen LogP contribution in [-0.4, -0.2) is 6.54 Å². The highest BCUT2D eigenvalue weighted by atomic mass is 79.9. The van der Waals surface area contributed by atoms with Crippen molar-refractivity contribution in [1.82, 2.24) is 5.32 Å². The van der Waals surface area contributed by atoms with Gasteiger partial charge in [-0.25, -0.2) is 0 Å². The SMILES string of the molecule is C=CCCCCCC(NCCC)c1cccc(Br)c1. The molecule has 1 atom stereocenters. The molecule has 1 aromatic carbocycles. The van der Waals surface area contributed by atoms with Gasteiger partial charge in [0.2, 0.25) is 0 Å². The summed E-state index contributed by atoms with van der Waals surface area (Å²) in [4.78, 5) is 0. The average molecular weight is 324 g/mol. The second kappa shape index (κ2) is 10.2. The van der Waals surface area contributed by atoms with E-state index in [-0.39, 0.29) is 0 Å². The third-order valence-corrected chi connectivity index (χ3v) is 3.79. The van der Waals surface area contributed by atoms with Crippen LogP contribution in [0.5, 0.6) is 0 Å². The number of benzene rings is 1. The van der Waals surface area contributed by atoms with E-state index in [0.29, 0.717) is 6.04 Å². The van der Waals surface area contributed by atoms with Gasteiger partial charge in [-0.15, -0.1) is 6.58 Å². The molecule has 2 heteroatoms. The molecule has 0 spiro atoms. The molecule has 0 saturated carbocycles. The first kappa shape index (κ1) is 16.5. The molecule has 1 rings (SSSR count). The van der Waals surface area contributed by atoms with E-state index >= 15 is 0 Å². The molecule has 1 aromatic rings. The van der Waals surface area contributed by atoms with Gasteiger partial charge in [0.1, 0.15) is 0 Å². The van der Waals surface area contributed by atoms with Crippen molar-refractivity contribution in [2.45, 2.75) is 51.5 Å². The topological polar surface area (TPSA) is 12.0 Å². The van der Waals surface area contributed by atoms with E-state index < -0.39 is 0 Å². The molecule has 1 unspecified atom stereocenters. The third-order valence-electron chi connectivity index (χ3n) is 3.29. The minimum Gasteiger partial charge on any atom is -0.310 e. The van der Waals surface area contributed by atoms with Crippen LogP contribution in [0.2, 0.25) is 0 Å². The average Bonchev–Trinajstić information content (AvgIpc) is 2.42. The highest BCUT2D eigenvalue weighted by Crippen LogP contribution is 2.23. The van der Waals surface area contributed by atoms with Crippen LogP contribution in [0, 0.1) is 0 Å². The molecule has 19 heavy (non-hydrogen) atoms. The zero-order valence-corrected chi connectivity index (χ0v) is 13.6. The summed E-state index contributed by atoms with van der Waals surface area (Å²) in [6.07, 6.45) is 9.40. The van der Waals surface area contributed by atoms with Gasteiger partial charge in [0.25, 0.3) is 0 Å². The van der Waals surface area contributed by atoms with Crippen molar-refractivity contribution in [2.24, 2.45) is 0 Å². The molecule has 0 heterocycles. The van der Waals surface area contributed by atoms with E-state index in [1.807, 2.05) is 6.08 Å². The zero-order valence-electron chi connectivity index (χ0n) is 12.0. The Hall–Kier alpha value is -0.600. The van der Waals surface area contributed by atoms with Gasteiger partial charge < -0.3 is 5.32 Å². The molecule has 0 saturated heterocycles. The summed E-state index contributed by atoms with van der Waals surface area (Å²) >= 11 is 3.56. The molecule has 0 bridgehead atoms. The quantitative estimate of drug-likeness (QED) is 0.435. The maximum absolute atomic E-state index is 3.77. The molecule has 0 aliphatic carbocycles. The van der Waals surface area contributed by atoms with Crippen molar-refractivity contribution >= 4 is 15.9 Å². The van der Waals surface area contributed by atoms with E-state index in [4.69, 9.17) is 0 Å². The molecular formula is C17H26BrN. The van der Waals surface area contributed by atoms with Crippen LogP contribution in [0.1, 0.15) is 57.1 Å². The Labute approximate surface area is 126 Å². The summed E-state index contributed by atoms with van der Waals surface area (Å²) < 4.78 is 1.17. The summed E-state index contributed by atoms with van der Waals surface area (Å²) in [5.74, 6) is 0. The predicted octanol–water partition coefficient (Wildman–Crippen LogP) is 5.63. The third kappa shape index (κ3) is 6.93. The molecule has 106 valence electrons. The minimum atomic E-state index is 0.487. The van der Waals surface area contributed by atoms with E-state index in [0.717, 1.165) is 13.0 Å². The van der Waals surface area contributed by atoms with Crippen LogP contribution in [0.25, 0.3) is 0 Å². The Bertz CT molecular complexity index is 362. The minimum absolute atomic E-state index is 0.487. The standard InChI is InChI=1S/C17H26BrN/c1-3-5-6-7-8-12-17(19-13-4-2)15-10-9-11-16(18)14-15/h3,9-11,14,17,19H,1,4-8,12-13H2,2H3. The van der Waals surface area contributed by atoms with Crippen molar-refractivity contribution in [1.29, 1.82) is 0 Å². The Morgan fingerprint density at radius 3 is 2.84 bits per heavy atom. The van der Waals surface area contributed by atoms with Crippen molar-refractivity contribution in [2.75, 3.05) is 6.54 Å². The fourth-order valence-electron chi connectivity index (χ4n) is 2.24. The van der Waals surface area contributed by atoms with Crippen LogP contribution < -0.4 is 5.32 Å². The Kier molecular flexibility index (Phi) is 8.85. The lowest BCUT2D eigenvalue weighted by Crippen LogP contribution is -2.22. The fraction of sp³-hybridized carbons (Fsp3) is 0.529. The number of hydrogen-bond acceptors (Lipinski definition) is 1. The van der Waals surface area contributed by atoms with Crippen LogP contribution in [0.15, 0.2) is 41.4 Å². The first-order valence-electron chi connectivity index (χ1n) is 7.37. The number of rotatable bonds is 10. The summed E-state index contributed by atoms with van der Waals surface area (Å²) in [6, 6.07) is 9.15. The number of unbranched alkanes of at least 4 members (excludes halogenated alkanes) is 3. The maximum Gasteiger partial charge on any atom is 0.0320 e. The van der Waals surface area contributed by atoms with Crippen molar-refractivity contribution in [3.05, 3.63) is 47.0 Å². The summed E-state index contributed by atoms with van der Waals surface area (Å²) in [7, 11) is 0. The fourth-order valence-corrected chi connectivity index (χ4v) is 2.66. The lowest BCUT2D eigenvalue weighted by atomic mass is 10.00. The van der Waals surface area contributed by atoms with Gasteiger partial charge in [0.05, 0.1) is 0 Å². The number of hydrogen-bond donors (Lipinski definition) is 1. The lowest BCUT2D eigenvalue weighted by Gasteiger charge is -2.19. The molecule has 0 fully saturated rings. The van der Waals surface area contributed by atoms with Gasteiger partial charge in [0.15, 0.2) is 0 Å². The van der Waals surface area contributed by atoms with E-state index in [9.17, 15) is 0 Å². The van der Waals surface area contributed by atoms with Crippen molar-refractivity contribution in [3.63, 3.8) is 0 Å². The Balaban J connectivity index is 2.49. The van der Waals surface area contributed by atoms with Gasteiger partial charge in [0, 0.05) is 10.5 Å². The number of allylic oxidation sites excluding steroid dienone is 1. The molecule has 1 N–H and O–H groups in total. The summed E-state index contributed by atoms with van der Waals surface area (Å²) in [6.45, 7) is 7.08. The molecular weight excluding hydrogens is 298 g/mol. The smallest absolute Gasteiger partial charge is 0.0320 e. The second-order valence-electron chi connectivity index (χ2n) is 4.99. The Morgan fingerprint density at radius 1 is 1.32 bits per heavy atom. The van der Waals surface area contributed by atoms with E-state index in [1.54, 1.807) is 0 Å². The van der Waals surface area contributed by atoms with Crippen LogP contribution >= 0.6 is 15.9 Å². The second-order valence-corrected chi connectivity index (χ2v) is 5.90. The first-order valence-corrected chi connectivity index (χ1v) is 8.17. The highest BCUT2D eigenvalue weighted by molar-refractivity contribution is 9.10. The van der Waals surface area contributed by atoms with Gasteiger partial charge >= 0.3 is 0 Å². The van der Waals surface area contributed by atoms with E-state index in [1.165, 1.54) is 42.1 Å². The molecule has 0 aromatic heterocycles. The predicted molar refractivity (Wildman–Crippen MR) is 88.5 cm³/mol. The summed E-state index contributed by atoms with van der Waals surface area (Å²) in [5.41, 5.74) is 1.39. The van der Waals surface area contributed by atoms with Gasteiger partial charge in [-0.3, -0.25) is 0 Å². The van der Waals surface area contributed by atoms with Crippen LogP contribution in [-0.2, 0) is 0 Å². The molecule has 0 aliphatic heterocycles. The lowest BCUT2D eigenvalue weighted by molar-refractivity contribution is 0.472. The highest BCUT2D eigenvalue weighted by Gasteiger charge is 2.10. The Morgan fingerprint density at radius 2 is 2.16 bits per heavy atom. The number of nitrogens with one attached hydrogen (secondary N) is 1. The van der Waals surface area contributed by atoms with E-state index in [2.05, 4.69) is 59.0 Å². The first-order chi connectivity index (χ1) is 9.27. The largest absolute Gasteiger partial charge is 0.310 e. The van der Waals surface area contributed by atoms with Crippen molar-refractivity contribution in [3.8, 4) is 0 Å². The van der Waals surface area contributed by atoms with Gasteiger partial charge in [-0.1, -0.05) is 53.9 Å².